The number of rotatable bonds is 7. The molecule has 0 spiro atoms. The van der Waals surface area contributed by atoms with Crippen molar-refractivity contribution in [1.29, 1.82) is 0 Å². The van der Waals surface area contributed by atoms with Crippen LogP contribution in [0.15, 0.2) is 24.3 Å². The van der Waals surface area contributed by atoms with Crippen molar-refractivity contribution in [3.05, 3.63) is 35.4 Å². The van der Waals surface area contributed by atoms with E-state index >= 15 is 0 Å². The molecule has 1 amide bonds. The molecule has 1 unspecified atom stereocenters. The van der Waals surface area contributed by atoms with Crippen LogP contribution in [0.25, 0.3) is 0 Å². The Labute approximate surface area is 108 Å². The molecule has 1 aromatic carbocycles. The van der Waals surface area contributed by atoms with Crippen molar-refractivity contribution in [1.82, 2.24) is 5.32 Å². The first-order valence-electron chi connectivity index (χ1n) is 6.17. The molecular formula is C14H21NO3. The molecule has 0 aliphatic heterocycles. The molecule has 100 valence electrons. The predicted molar refractivity (Wildman–Crippen MR) is 70.4 cm³/mol. The Bertz CT molecular complexity index is 379. The van der Waals surface area contributed by atoms with E-state index < -0.39 is 0 Å². The van der Waals surface area contributed by atoms with Crippen LogP contribution in [0.5, 0.6) is 0 Å². The van der Waals surface area contributed by atoms with Crippen LogP contribution < -0.4 is 5.32 Å². The summed E-state index contributed by atoms with van der Waals surface area (Å²) in [5.41, 5.74) is 1.62. The highest BCUT2D eigenvalue weighted by molar-refractivity contribution is 5.94. The molecule has 4 nitrogen and oxygen atoms in total. The van der Waals surface area contributed by atoms with Gasteiger partial charge in [0.05, 0.1) is 6.61 Å². The van der Waals surface area contributed by atoms with Gasteiger partial charge in [-0.1, -0.05) is 12.1 Å². The lowest BCUT2D eigenvalue weighted by molar-refractivity contribution is 0.0936. The van der Waals surface area contributed by atoms with E-state index in [0.717, 1.165) is 12.0 Å². The number of carbonyl (C=O) groups is 1. The molecule has 0 fully saturated rings. The van der Waals surface area contributed by atoms with Crippen molar-refractivity contribution >= 4 is 5.91 Å². The molecule has 1 atom stereocenters. The van der Waals surface area contributed by atoms with Crippen LogP contribution in [0.2, 0.25) is 0 Å². The van der Waals surface area contributed by atoms with Gasteiger partial charge in [-0.25, -0.2) is 0 Å². The van der Waals surface area contributed by atoms with Gasteiger partial charge in [-0.05, 0) is 37.5 Å². The summed E-state index contributed by atoms with van der Waals surface area (Å²) in [5, 5.41) is 11.6. The molecular weight excluding hydrogens is 230 g/mol. The van der Waals surface area contributed by atoms with E-state index in [-0.39, 0.29) is 18.6 Å². The second-order valence-electron chi connectivity index (χ2n) is 4.37. The summed E-state index contributed by atoms with van der Waals surface area (Å²) in [7, 11) is 1.63. The lowest BCUT2D eigenvalue weighted by Crippen LogP contribution is -2.32. The third-order valence-corrected chi connectivity index (χ3v) is 2.67. The number of benzene rings is 1. The average molecular weight is 251 g/mol. The molecule has 4 heteroatoms. The number of aliphatic hydroxyl groups is 1. The summed E-state index contributed by atoms with van der Waals surface area (Å²) in [6.07, 6.45) is 1.48. The zero-order chi connectivity index (χ0) is 13.4. The predicted octanol–water partition coefficient (Wildman–Crippen LogP) is 1.72. The highest BCUT2D eigenvalue weighted by Crippen LogP contribution is 2.07. The molecule has 0 saturated heterocycles. The molecule has 0 heterocycles. The lowest BCUT2D eigenvalue weighted by atomic mass is 10.1. The minimum Gasteiger partial charge on any atom is -0.396 e. The zero-order valence-electron chi connectivity index (χ0n) is 11.0. The van der Waals surface area contributed by atoms with E-state index in [1.54, 1.807) is 13.2 Å². The number of methoxy groups -OCH3 is 1. The third-order valence-electron chi connectivity index (χ3n) is 2.67. The summed E-state index contributed by atoms with van der Waals surface area (Å²) >= 11 is 0. The van der Waals surface area contributed by atoms with Crippen LogP contribution in [0.1, 0.15) is 35.7 Å². The standard InChI is InChI=1S/C14H21NO3/c1-11(5-4-8-16)15-14(17)13-7-3-6-12(9-13)10-18-2/h3,6-7,9,11,16H,4-5,8,10H2,1-2H3,(H,15,17). The molecule has 0 aliphatic rings. The van der Waals surface area contributed by atoms with Gasteiger partial charge >= 0.3 is 0 Å². The van der Waals surface area contributed by atoms with Gasteiger partial charge in [0.2, 0.25) is 0 Å². The highest BCUT2D eigenvalue weighted by Gasteiger charge is 2.09. The smallest absolute Gasteiger partial charge is 0.251 e. The molecule has 18 heavy (non-hydrogen) atoms. The van der Waals surface area contributed by atoms with Crippen LogP contribution >= 0.6 is 0 Å². The van der Waals surface area contributed by atoms with Crippen molar-refractivity contribution in [2.24, 2.45) is 0 Å². The average Bonchev–Trinajstić information content (AvgIpc) is 2.37. The van der Waals surface area contributed by atoms with Crippen molar-refractivity contribution in [3.63, 3.8) is 0 Å². The first-order valence-corrected chi connectivity index (χ1v) is 6.17. The van der Waals surface area contributed by atoms with E-state index in [2.05, 4.69) is 5.32 Å². The number of amides is 1. The lowest BCUT2D eigenvalue weighted by Gasteiger charge is -2.13. The number of aliphatic hydroxyl groups excluding tert-OH is 1. The van der Waals surface area contributed by atoms with E-state index in [9.17, 15) is 4.79 Å². The van der Waals surface area contributed by atoms with Crippen LogP contribution in [-0.2, 0) is 11.3 Å². The Morgan fingerprint density at radius 3 is 2.94 bits per heavy atom. The minimum absolute atomic E-state index is 0.0655. The van der Waals surface area contributed by atoms with Gasteiger partial charge < -0.3 is 15.2 Å². The van der Waals surface area contributed by atoms with Gasteiger partial charge in [0.1, 0.15) is 0 Å². The fourth-order valence-corrected chi connectivity index (χ4v) is 1.75. The summed E-state index contributed by atoms with van der Waals surface area (Å²) in [6.45, 7) is 2.59. The number of nitrogens with one attached hydrogen (secondary N) is 1. The largest absolute Gasteiger partial charge is 0.396 e. The number of carbonyl (C=O) groups excluding carboxylic acids is 1. The van der Waals surface area contributed by atoms with E-state index in [1.807, 2.05) is 25.1 Å². The number of ether oxygens (including phenoxy) is 1. The van der Waals surface area contributed by atoms with Crippen molar-refractivity contribution < 1.29 is 14.6 Å². The summed E-state index contributed by atoms with van der Waals surface area (Å²) in [4.78, 5) is 12.0. The first kappa shape index (κ1) is 14.7. The van der Waals surface area contributed by atoms with E-state index in [4.69, 9.17) is 9.84 Å². The van der Waals surface area contributed by atoms with Gasteiger partial charge in [0, 0.05) is 25.3 Å². The molecule has 0 aliphatic carbocycles. The fraction of sp³-hybridized carbons (Fsp3) is 0.500. The van der Waals surface area contributed by atoms with Crippen molar-refractivity contribution in [2.75, 3.05) is 13.7 Å². The Hall–Kier alpha value is -1.39. The Kier molecular flexibility index (Phi) is 6.39. The topological polar surface area (TPSA) is 58.6 Å². The van der Waals surface area contributed by atoms with Crippen LogP contribution in [0, 0.1) is 0 Å². The second-order valence-corrected chi connectivity index (χ2v) is 4.37. The first-order chi connectivity index (χ1) is 8.67. The molecule has 1 rings (SSSR count). The molecule has 1 aromatic rings. The maximum Gasteiger partial charge on any atom is 0.251 e. The highest BCUT2D eigenvalue weighted by atomic mass is 16.5. The van der Waals surface area contributed by atoms with Crippen LogP contribution in [0.3, 0.4) is 0 Å². The van der Waals surface area contributed by atoms with Crippen LogP contribution in [-0.4, -0.2) is 30.8 Å². The minimum atomic E-state index is -0.0848. The van der Waals surface area contributed by atoms with Gasteiger partial charge in [0.15, 0.2) is 0 Å². The fourth-order valence-electron chi connectivity index (χ4n) is 1.75. The maximum absolute atomic E-state index is 12.0. The monoisotopic (exact) mass is 251 g/mol. The van der Waals surface area contributed by atoms with Crippen molar-refractivity contribution in [2.45, 2.75) is 32.4 Å². The van der Waals surface area contributed by atoms with Gasteiger partial charge in [0.25, 0.3) is 5.91 Å². The van der Waals surface area contributed by atoms with Crippen LogP contribution in [0.4, 0.5) is 0 Å². The van der Waals surface area contributed by atoms with Gasteiger partial charge in [-0.3, -0.25) is 4.79 Å². The van der Waals surface area contributed by atoms with Gasteiger partial charge in [-0.2, -0.15) is 0 Å². The van der Waals surface area contributed by atoms with Gasteiger partial charge in [-0.15, -0.1) is 0 Å². The third kappa shape index (κ3) is 4.85. The maximum atomic E-state index is 12.0. The molecule has 0 bridgehead atoms. The van der Waals surface area contributed by atoms with E-state index in [1.165, 1.54) is 0 Å². The molecule has 2 N–H and O–H groups in total. The summed E-state index contributed by atoms with van der Waals surface area (Å²) in [5.74, 6) is -0.0848. The molecule has 0 aromatic heterocycles. The molecule has 0 saturated carbocycles. The van der Waals surface area contributed by atoms with E-state index in [0.29, 0.717) is 18.6 Å². The quantitative estimate of drug-likeness (QED) is 0.776. The Morgan fingerprint density at radius 2 is 2.28 bits per heavy atom. The zero-order valence-corrected chi connectivity index (χ0v) is 11.0. The second kappa shape index (κ2) is 7.84. The normalized spacial score (nSPS) is 12.2. The molecule has 0 radical (unpaired) electrons. The summed E-state index contributed by atoms with van der Waals surface area (Å²) < 4.78 is 5.04. The number of hydrogen-bond acceptors (Lipinski definition) is 3. The Balaban J connectivity index is 2.57. The number of hydrogen-bond donors (Lipinski definition) is 2. The SMILES string of the molecule is COCc1cccc(C(=O)NC(C)CCCO)c1. The summed E-state index contributed by atoms with van der Waals surface area (Å²) in [6, 6.07) is 7.46. The Morgan fingerprint density at radius 1 is 1.50 bits per heavy atom. The van der Waals surface area contributed by atoms with Crippen molar-refractivity contribution in [3.8, 4) is 0 Å².